The van der Waals surface area contributed by atoms with Crippen LogP contribution in [0, 0.1) is 18.8 Å². The maximum absolute atomic E-state index is 12.7. The molecule has 1 aliphatic rings. The minimum atomic E-state index is -0.288. The van der Waals surface area contributed by atoms with Gasteiger partial charge in [0.1, 0.15) is 11.9 Å². The molecule has 24 heavy (non-hydrogen) atoms. The Bertz CT molecular complexity index is 581. The summed E-state index contributed by atoms with van der Waals surface area (Å²) in [5.41, 5.74) is 0. The van der Waals surface area contributed by atoms with E-state index in [4.69, 9.17) is 0 Å². The number of carbonyl (C=O) groups is 2. The van der Waals surface area contributed by atoms with Gasteiger partial charge >= 0.3 is 0 Å². The fourth-order valence-electron chi connectivity index (χ4n) is 3.02. The van der Waals surface area contributed by atoms with E-state index in [1.807, 2.05) is 44.4 Å². The van der Waals surface area contributed by atoms with Crippen LogP contribution in [0.4, 0.5) is 0 Å². The molecular weight excluding hydrogens is 306 g/mol. The van der Waals surface area contributed by atoms with Crippen LogP contribution in [0.1, 0.15) is 58.2 Å². The molecule has 1 unspecified atom stereocenters. The van der Waals surface area contributed by atoms with E-state index in [2.05, 4.69) is 15.2 Å². The number of hydrogen-bond donors (Lipinski definition) is 1. The molecule has 1 aromatic rings. The summed E-state index contributed by atoms with van der Waals surface area (Å²) in [5, 5.41) is 7.11. The highest BCUT2D eigenvalue weighted by Gasteiger charge is 2.34. The summed E-state index contributed by atoms with van der Waals surface area (Å²) in [6.07, 6.45) is 1.31. The van der Waals surface area contributed by atoms with Crippen molar-refractivity contribution in [2.75, 3.05) is 19.6 Å². The maximum Gasteiger partial charge on any atom is 0.225 e. The third kappa shape index (κ3) is 4.33. The van der Waals surface area contributed by atoms with Crippen LogP contribution in [0.3, 0.4) is 0 Å². The summed E-state index contributed by atoms with van der Waals surface area (Å²) >= 11 is 0. The molecule has 1 saturated heterocycles. The van der Waals surface area contributed by atoms with E-state index < -0.39 is 0 Å². The van der Waals surface area contributed by atoms with E-state index in [1.165, 1.54) is 0 Å². The van der Waals surface area contributed by atoms with E-state index in [0.29, 0.717) is 43.6 Å². The first kappa shape index (κ1) is 18.4. The van der Waals surface area contributed by atoms with Gasteiger partial charge in [0, 0.05) is 32.0 Å². The monoisotopic (exact) mass is 335 g/mol. The minimum Gasteiger partial charge on any atom is -0.340 e. The lowest BCUT2D eigenvalue weighted by Crippen LogP contribution is -2.42. The van der Waals surface area contributed by atoms with Gasteiger partial charge in [-0.05, 0) is 19.3 Å². The van der Waals surface area contributed by atoms with E-state index in [-0.39, 0.29) is 23.8 Å². The molecule has 1 aromatic heterocycles. The highest BCUT2D eigenvalue weighted by Crippen LogP contribution is 2.25. The molecule has 0 radical (unpaired) electrons. The highest BCUT2D eigenvalue weighted by molar-refractivity contribution is 5.79. The molecule has 2 amide bonds. The summed E-state index contributed by atoms with van der Waals surface area (Å²) in [5.74, 6) is 1.75. The summed E-state index contributed by atoms with van der Waals surface area (Å²) in [4.78, 5) is 33.3. The zero-order valence-corrected chi connectivity index (χ0v) is 15.4. The highest BCUT2D eigenvalue weighted by atomic mass is 16.2. The molecule has 1 N–H and O–H groups in total. The first-order valence-corrected chi connectivity index (χ1v) is 8.76. The predicted octanol–water partition coefficient (Wildman–Crippen LogP) is 1.92. The van der Waals surface area contributed by atoms with E-state index >= 15 is 0 Å². The zero-order valence-electron chi connectivity index (χ0n) is 15.4. The number of H-pyrrole nitrogens is 1. The van der Waals surface area contributed by atoms with Crippen molar-refractivity contribution in [3.63, 3.8) is 0 Å². The average molecular weight is 335 g/mol. The molecule has 7 heteroatoms. The summed E-state index contributed by atoms with van der Waals surface area (Å²) in [7, 11) is 0. The van der Waals surface area contributed by atoms with Gasteiger partial charge in [0.25, 0.3) is 0 Å². The first-order valence-electron chi connectivity index (χ1n) is 8.76. The third-order valence-electron chi connectivity index (χ3n) is 4.22. The van der Waals surface area contributed by atoms with Crippen molar-refractivity contribution >= 4 is 11.8 Å². The average Bonchev–Trinajstić information content (AvgIpc) is 2.81. The molecular formula is C17H29N5O2. The Morgan fingerprint density at radius 1 is 1.25 bits per heavy atom. The Hall–Kier alpha value is -1.92. The normalized spacial score (nSPS) is 19.0. The lowest BCUT2D eigenvalue weighted by molar-refractivity contribution is -0.138. The molecule has 0 bridgehead atoms. The van der Waals surface area contributed by atoms with Crippen molar-refractivity contribution in [2.24, 2.45) is 11.8 Å². The van der Waals surface area contributed by atoms with Gasteiger partial charge in [-0.15, -0.1) is 0 Å². The van der Waals surface area contributed by atoms with Crippen LogP contribution in [0.15, 0.2) is 0 Å². The second kappa shape index (κ2) is 7.77. The molecule has 0 saturated carbocycles. The number of nitrogens with zero attached hydrogens (tertiary/aromatic N) is 4. The van der Waals surface area contributed by atoms with Gasteiger partial charge in [-0.1, -0.05) is 27.7 Å². The lowest BCUT2D eigenvalue weighted by Gasteiger charge is -2.31. The standard InChI is InChI=1S/C17H29N5O2/c1-11(2)9-15(23)21-7-6-8-22(17(24)12(3)4)14(10-21)16-18-13(5)19-20-16/h11-12,14H,6-10H2,1-5H3,(H,18,19,20). The number of aromatic amines is 1. The van der Waals surface area contributed by atoms with Crippen LogP contribution in [-0.2, 0) is 9.59 Å². The van der Waals surface area contributed by atoms with Crippen LogP contribution in [-0.4, -0.2) is 56.4 Å². The first-order chi connectivity index (χ1) is 11.3. The molecule has 0 aliphatic carbocycles. The van der Waals surface area contributed by atoms with Crippen LogP contribution in [0.2, 0.25) is 0 Å². The Kier molecular flexibility index (Phi) is 5.96. The van der Waals surface area contributed by atoms with E-state index in [0.717, 1.165) is 6.42 Å². The summed E-state index contributed by atoms with van der Waals surface area (Å²) in [6, 6.07) is -0.288. The smallest absolute Gasteiger partial charge is 0.225 e. The minimum absolute atomic E-state index is 0.0839. The largest absolute Gasteiger partial charge is 0.340 e. The number of amides is 2. The van der Waals surface area contributed by atoms with Gasteiger partial charge in [0.2, 0.25) is 11.8 Å². The molecule has 0 spiro atoms. The number of hydrogen-bond acceptors (Lipinski definition) is 4. The number of carbonyl (C=O) groups excluding carboxylic acids is 2. The fourth-order valence-corrected chi connectivity index (χ4v) is 3.02. The lowest BCUT2D eigenvalue weighted by atomic mass is 10.1. The van der Waals surface area contributed by atoms with Gasteiger partial charge < -0.3 is 9.80 Å². The van der Waals surface area contributed by atoms with Crippen LogP contribution in [0.5, 0.6) is 0 Å². The number of aryl methyl sites for hydroxylation is 1. The Morgan fingerprint density at radius 3 is 2.50 bits per heavy atom. The topological polar surface area (TPSA) is 82.2 Å². The Labute approximate surface area is 143 Å². The third-order valence-corrected chi connectivity index (χ3v) is 4.22. The number of rotatable bonds is 4. The second-order valence-electron chi connectivity index (χ2n) is 7.27. The van der Waals surface area contributed by atoms with Gasteiger partial charge in [-0.25, -0.2) is 4.98 Å². The predicted molar refractivity (Wildman–Crippen MR) is 91.1 cm³/mol. The Morgan fingerprint density at radius 2 is 1.96 bits per heavy atom. The molecule has 1 atom stereocenters. The van der Waals surface area contributed by atoms with Crippen molar-refractivity contribution < 1.29 is 9.59 Å². The number of nitrogens with one attached hydrogen (secondary N) is 1. The molecule has 1 aliphatic heterocycles. The zero-order chi connectivity index (χ0) is 17.9. The summed E-state index contributed by atoms with van der Waals surface area (Å²) < 4.78 is 0. The van der Waals surface area contributed by atoms with Gasteiger partial charge in [0.15, 0.2) is 5.82 Å². The van der Waals surface area contributed by atoms with Gasteiger partial charge in [-0.3, -0.25) is 14.7 Å². The molecule has 1 fully saturated rings. The van der Waals surface area contributed by atoms with Crippen LogP contribution in [0.25, 0.3) is 0 Å². The molecule has 2 heterocycles. The van der Waals surface area contributed by atoms with E-state index in [1.54, 1.807) is 0 Å². The Balaban J connectivity index is 2.27. The SMILES string of the molecule is Cc1nc(C2CN(C(=O)CC(C)C)CCCN2C(=O)C(C)C)n[nH]1. The summed E-state index contributed by atoms with van der Waals surface area (Å²) in [6.45, 7) is 11.5. The molecule has 2 rings (SSSR count). The van der Waals surface area contributed by atoms with Crippen LogP contribution < -0.4 is 0 Å². The maximum atomic E-state index is 12.7. The van der Waals surface area contributed by atoms with Crippen LogP contribution >= 0.6 is 0 Å². The molecule has 0 aromatic carbocycles. The second-order valence-corrected chi connectivity index (χ2v) is 7.27. The number of aromatic nitrogens is 3. The molecule has 134 valence electrons. The van der Waals surface area contributed by atoms with Gasteiger partial charge in [-0.2, -0.15) is 5.10 Å². The van der Waals surface area contributed by atoms with Gasteiger partial charge in [0.05, 0.1) is 0 Å². The van der Waals surface area contributed by atoms with Crippen molar-refractivity contribution in [3.8, 4) is 0 Å². The van der Waals surface area contributed by atoms with Crippen molar-refractivity contribution in [2.45, 2.75) is 53.5 Å². The van der Waals surface area contributed by atoms with Crippen molar-refractivity contribution in [3.05, 3.63) is 11.6 Å². The quantitative estimate of drug-likeness (QED) is 0.911. The van der Waals surface area contributed by atoms with Crippen molar-refractivity contribution in [1.82, 2.24) is 25.0 Å². The molecule has 7 nitrogen and oxygen atoms in total. The van der Waals surface area contributed by atoms with E-state index in [9.17, 15) is 9.59 Å². The fraction of sp³-hybridized carbons (Fsp3) is 0.765. The van der Waals surface area contributed by atoms with Crippen molar-refractivity contribution in [1.29, 1.82) is 0 Å².